The van der Waals surface area contributed by atoms with Gasteiger partial charge in [0, 0.05) is 6.54 Å². The summed E-state index contributed by atoms with van der Waals surface area (Å²) in [7, 11) is 0. The van der Waals surface area contributed by atoms with Gasteiger partial charge in [-0.3, -0.25) is 24.2 Å². The minimum absolute atomic E-state index is 0.123. The van der Waals surface area contributed by atoms with E-state index in [1.54, 1.807) is 0 Å². The Bertz CT molecular complexity index is 626. The molecule has 3 unspecified atom stereocenters. The highest BCUT2D eigenvalue weighted by atomic mass is 16.4. The quantitative estimate of drug-likeness (QED) is 0.0624. The number of amides is 3. The molecule has 14 nitrogen and oxygen atoms in total. The van der Waals surface area contributed by atoms with Crippen LogP contribution in [0, 0.1) is 0 Å². The number of carboxylic acid groups (broad SMARTS) is 1. The van der Waals surface area contributed by atoms with Crippen LogP contribution in [0.3, 0.4) is 0 Å². The van der Waals surface area contributed by atoms with Crippen molar-refractivity contribution in [2.75, 3.05) is 26.2 Å². The molecule has 3 atom stereocenters. The molecular weight excluding hydrogens is 412 g/mol. The number of carboxylic acids is 1. The lowest BCUT2D eigenvalue weighted by atomic mass is 10.1. The van der Waals surface area contributed by atoms with E-state index in [0.29, 0.717) is 25.8 Å². The van der Waals surface area contributed by atoms with Crippen LogP contribution in [0.25, 0.3) is 0 Å². The zero-order valence-corrected chi connectivity index (χ0v) is 17.4. The van der Waals surface area contributed by atoms with Crippen molar-refractivity contribution < 1.29 is 29.4 Å². The number of hydrogen-bond acceptors (Lipinski definition) is 8. The molecule has 0 bridgehead atoms. The third-order valence-electron chi connectivity index (χ3n) is 4.11. The fourth-order valence-electron chi connectivity index (χ4n) is 2.45. The molecule has 0 aromatic rings. The molecule has 0 heterocycles. The standard InChI is InChI=1S/C17H34N8O6/c18-6-2-1-4-11(15(30)23-8-13(27)28)25-16(31)12(5-3-7-22-17(20)21)24-14(29)10(19)9-26/h10-12,26H,1-9,18-19H2,(H,23,30)(H,24,29)(H,25,31)(H,27,28)(H4,20,21,22). The second-order valence-electron chi connectivity index (χ2n) is 6.76. The first-order valence-electron chi connectivity index (χ1n) is 9.84. The van der Waals surface area contributed by atoms with E-state index in [0.717, 1.165) is 0 Å². The van der Waals surface area contributed by atoms with Crippen LogP contribution in [-0.2, 0) is 19.2 Å². The number of aliphatic hydroxyl groups excluding tert-OH is 1. The number of nitrogens with two attached hydrogens (primary N) is 4. The van der Waals surface area contributed by atoms with Crippen molar-refractivity contribution >= 4 is 29.7 Å². The van der Waals surface area contributed by atoms with Crippen molar-refractivity contribution in [3.05, 3.63) is 0 Å². The van der Waals surface area contributed by atoms with Crippen molar-refractivity contribution in [2.45, 2.75) is 50.2 Å². The fourth-order valence-corrected chi connectivity index (χ4v) is 2.45. The summed E-state index contributed by atoms with van der Waals surface area (Å²) in [5.41, 5.74) is 21.4. The van der Waals surface area contributed by atoms with Gasteiger partial charge >= 0.3 is 5.97 Å². The Hall–Kier alpha value is -2.97. The van der Waals surface area contributed by atoms with Crippen LogP contribution in [0.15, 0.2) is 4.99 Å². The number of carbonyl (C=O) groups is 4. The molecule has 0 spiro atoms. The van der Waals surface area contributed by atoms with Crippen molar-refractivity contribution in [3.8, 4) is 0 Å². The van der Waals surface area contributed by atoms with E-state index in [9.17, 15) is 19.2 Å². The average Bonchev–Trinajstić information content (AvgIpc) is 2.72. The van der Waals surface area contributed by atoms with Gasteiger partial charge in [-0.25, -0.2) is 0 Å². The van der Waals surface area contributed by atoms with Gasteiger partial charge in [-0.05, 0) is 38.6 Å². The molecule has 0 aliphatic heterocycles. The predicted molar refractivity (Wildman–Crippen MR) is 112 cm³/mol. The van der Waals surface area contributed by atoms with E-state index in [4.69, 9.17) is 33.1 Å². The van der Waals surface area contributed by atoms with Gasteiger partial charge in [0.15, 0.2) is 5.96 Å². The van der Waals surface area contributed by atoms with Crippen LogP contribution in [0.1, 0.15) is 32.1 Å². The number of nitrogens with one attached hydrogen (secondary N) is 3. The molecule has 0 radical (unpaired) electrons. The fraction of sp³-hybridized carbons (Fsp3) is 0.706. The van der Waals surface area contributed by atoms with Gasteiger partial charge in [0.1, 0.15) is 24.7 Å². The third-order valence-corrected chi connectivity index (χ3v) is 4.11. The van der Waals surface area contributed by atoms with Crippen molar-refractivity contribution in [2.24, 2.45) is 27.9 Å². The van der Waals surface area contributed by atoms with Gasteiger partial charge < -0.3 is 49.1 Å². The normalized spacial score (nSPS) is 13.4. The summed E-state index contributed by atoms with van der Waals surface area (Å²) >= 11 is 0. The summed E-state index contributed by atoms with van der Waals surface area (Å²) in [5, 5.41) is 24.9. The van der Waals surface area contributed by atoms with Crippen LogP contribution in [0.5, 0.6) is 0 Å². The topological polar surface area (TPSA) is 261 Å². The summed E-state index contributed by atoms with van der Waals surface area (Å²) in [6, 6.07) is -3.34. The van der Waals surface area contributed by atoms with Crippen LogP contribution < -0.4 is 38.9 Å². The number of guanidine groups is 1. The maximum absolute atomic E-state index is 12.8. The van der Waals surface area contributed by atoms with Gasteiger partial charge in [-0.2, -0.15) is 0 Å². The largest absolute Gasteiger partial charge is 0.480 e. The zero-order valence-electron chi connectivity index (χ0n) is 17.4. The first kappa shape index (κ1) is 28.0. The van der Waals surface area contributed by atoms with E-state index < -0.39 is 55.0 Å². The van der Waals surface area contributed by atoms with E-state index in [1.807, 2.05) is 0 Å². The minimum atomic E-state index is -1.23. The number of carbonyl (C=O) groups excluding carboxylic acids is 3. The lowest BCUT2D eigenvalue weighted by Gasteiger charge is -2.24. The molecule has 0 aromatic carbocycles. The molecule has 178 valence electrons. The number of unbranched alkanes of at least 4 members (excludes halogenated alkanes) is 1. The van der Waals surface area contributed by atoms with Crippen LogP contribution in [0.2, 0.25) is 0 Å². The summed E-state index contributed by atoms with van der Waals surface area (Å²) in [6.45, 7) is -0.632. The Kier molecular flexibility index (Phi) is 14.3. The van der Waals surface area contributed by atoms with Gasteiger partial charge in [-0.15, -0.1) is 0 Å². The molecular formula is C17H34N8O6. The summed E-state index contributed by atoms with van der Waals surface area (Å²) in [5.74, 6) is -3.46. The van der Waals surface area contributed by atoms with Crippen molar-refractivity contribution in [1.82, 2.24) is 16.0 Å². The molecule has 0 aliphatic rings. The second-order valence-corrected chi connectivity index (χ2v) is 6.76. The summed E-state index contributed by atoms with van der Waals surface area (Å²) < 4.78 is 0. The van der Waals surface area contributed by atoms with E-state index in [-0.39, 0.29) is 25.3 Å². The Morgan fingerprint density at radius 2 is 1.48 bits per heavy atom. The monoisotopic (exact) mass is 446 g/mol. The van der Waals surface area contributed by atoms with E-state index >= 15 is 0 Å². The number of aliphatic hydroxyl groups is 1. The minimum Gasteiger partial charge on any atom is -0.480 e. The highest BCUT2D eigenvalue weighted by Gasteiger charge is 2.27. The van der Waals surface area contributed by atoms with E-state index in [2.05, 4.69) is 20.9 Å². The SMILES string of the molecule is NCCCCC(NC(=O)C(CCCN=C(N)N)NC(=O)C(N)CO)C(=O)NCC(=O)O. The predicted octanol–water partition coefficient (Wildman–Crippen LogP) is -4.34. The Balaban J connectivity index is 5.25. The third kappa shape index (κ3) is 13.0. The van der Waals surface area contributed by atoms with Gasteiger partial charge in [-0.1, -0.05) is 0 Å². The molecule has 0 fully saturated rings. The van der Waals surface area contributed by atoms with Crippen LogP contribution >= 0.6 is 0 Å². The smallest absolute Gasteiger partial charge is 0.322 e. The van der Waals surface area contributed by atoms with Crippen LogP contribution in [0.4, 0.5) is 0 Å². The van der Waals surface area contributed by atoms with Crippen LogP contribution in [-0.4, -0.2) is 84.2 Å². The number of aliphatic carboxylic acids is 1. The lowest BCUT2D eigenvalue weighted by Crippen LogP contribution is -2.56. The lowest BCUT2D eigenvalue weighted by molar-refractivity contribution is -0.138. The summed E-state index contributed by atoms with van der Waals surface area (Å²) in [4.78, 5) is 51.6. The molecule has 13 N–H and O–H groups in total. The molecule has 0 rings (SSSR count). The van der Waals surface area contributed by atoms with Gasteiger partial charge in [0.25, 0.3) is 0 Å². The number of hydrogen-bond donors (Lipinski definition) is 9. The van der Waals surface area contributed by atoms with Crippen molar-refractivity contribution in [1.29, 1.82) is 0 Å². The maximum atomic E-state index is 12.8. The molecule has 0 aliphatic carbocycles. The van der Waals surface area contributed by atoms with E-state index in [1.165, 1.54) is 0 Å². The Labute approximate surface area is 180 Å². The molecule has 0 saturated heterocycles. The van der Waals surface area contributed by atoms with Crippen molar-refractivity contribution in [3.63, 3.8) is 0 Å². The van der Waals surface area contributed by atoms with Gasteiger partial charge in [0.05, 0.1) is 6.61 Å². The Morgan fingerprint density at radius 3 is 2.03 bits per heavy atom. The first-order valence-corrected chi connectivity index (χ1v) is 9.84. The second kappa shape index (κ2) is 15.8. The number of nitrogens with zero attached hydrogens (tertiary/aromatic N) is 1. The Morgan fingerprint density at radius 1 is 0.903 bits per heavy atom. The number of rotatable bonds is 16. The molecule has 3 amide bonds. The molecule has 0 saturated carbocycles. The highest BCUT2D eigenvalue weighted by molar-refractivity contribution is 5.93. The first-order chi connectivity index (χ1) is 14.6. The number of aliphatic imine (C=N–C) groups is 1. The zero-order chi connectivity index (χ0) is 23.8. The molecule has 31 heavy (non-hydrogen) atoms. The average molecular weight is 447 g/mol. The van der Waals surface area contributed by atoms with Gasteiger partial charge in [0.2, 0.25) is 17.7 Å². The maximum Gasteiger partial charge on any atom is 0.322 e. The highest BCUT2D eigenvalue weighted by Crippen LogP contribution is 2.05. The molecule has 14 heteroatoms. The summed E-state index contributed by atoms with van der Waals surface area (Å²) in [6.07, 6.45) is 1.78. The molecule has 0 aromatic heterocycles.